The van der Waals surface area contributed by atoms with Crippen LogP contribution in [-0.4, -0.2) is 4.92 Å². The number of para-hydroxylation sites is 1. The molecule has 0 saturated carbocycles. The van der Waals surface area contributed by atoms with Gasteiger partial charge in [0.2, 0.25) is 5.75 Å². The number of hydrogen-bond donors (Lipinski definition) is 0. The monoisotopic (exact) mass is 327 g/mol. The lowest BCUT2D eigenvalue weighted by Gasteiger charge is -2.07. The van der Waals surface area contributed by atoms with Crippen molar-refractivity contribution in [1.29, 1.82) is 0 Å². The first-order valence-electron chi connectivity index (χ1n) is 4.94. The van der Waals surface area contributed by atoms with Gasteiger partial charge in [-0.15, -0.1) is 0 Å². The van der Waals surface area contributed by atoms with E-state index in [1.807, 2.05) is 6.07 Å². The van der Waals surface area contributed by atoms with Gasteiger partial charge in [0.15, 0.2) is 0 Å². The van der Waals surface area contributed by atoms with Crippen LogP contribution in [0.5, 0.6) is 11.5 Å². The van der Waals surface area contributed by atoms with Crippen molar-refractivity contribution in [3.05, 3.63) is 62.1 Å². The highest BCUT2D eigenvalue weighted by molar-refractivity contribution is 9.10. The first-order valence-corrected chi connectivity index (χ1v) is 6.11. The van der Waals surface area contributed by atoms with Gasteiger partial charge in [0.1, 0.15) is 5.75 Å². The molecule has 0 aliphatic heterocycles. The van der Waals surface area contributed by atoms with Crippen molar-refractivity contribution < 1.29 is 9.66 Å². The molecule has 0 fully saturated rings. The third kappa shape index (κ3) is 2.80. The molecule has 18 heavy (non-hydrogen) atoms. The number of nitrogens with zero attached hydrogens (tertiary/aromatic N) is 1. The van der Waals surface area contributed by atoms with Crippen molar-refractivity contribution in [3.8, 4) is 11.5 Å². The van der Waals surface area contributed by atoms with Crippen molar-refractivity contribution in [1.82, 2.24) is 0 Å². The summed E-state index contributed by atoms with van der Waals surface area (Å²) in [5, 5.41) is 11.2. The molecule has 0 radical (unpaired) electrons. The maximum absolute atomic E-state index is 10.9. The van der Waals surface area contributed by atoms with Crippen LogP contribution in [0.2, 0.25) is 5.02 Å². The number of ether oxygens (including phenoxy) is 1. The molecule has 4 nitrogen and oxygen atoms in total. The lowest BCUT2D eigenvalue weighted by molar-refractivity contribution is -0.385. The lowest BCUT2D eigenvalue weighted by atomic mass is 10.3. The fourth-order valence-electron chi connectivity index (χ4n) is 1.37. The van der Waals surface area contributed by atoms with Crippen molar-refractivity contribution in [3.63, 3.8) is 0 Å². The summed E-state index contributed by atoms with van der Waals surface area (Å²) in [6.07, 6.45) is 0. The quantitative estimate of drug-likeness (QED) is 0.600. The Morgan fingerprint density at radius 3 is 2.56 bits per heavy atom. The minimum absolute atomic E-state index is 0.149. The standard InChI is InChI=1S/C12H7BrClNO3/c13-9-3-1-2-4-11(9)18-12-6-5-8(14)7-10(12)15(16)17/h1-7H. The van der Waals surface area contributed by atoms with Gasteiger partial charge in [-0.1, -0.05) is 23.7 Å². The van der Waals surface area contributed by atoms with E-state index in [9.17, 15) is 10.1 Å². The molecular formula is C12H7BrClNO3. The van der Waals surface area contributed by atoms with E-state index in [1.54, 1.807) is 24.3 Å². The van der Waals surface area contributed by atoms with Gasteiger partial charge in [-0.3, -0.25) is 10.1 Å². The van der Waals surface area contributed by atoms with E-state index >= 15 is 0 Å². The molecule has 0 bridgehead atoms. The van der Waals surface area contributed by atoms with E-state index < -0.39 is 4.92 Å². The van der Waals surface area contributed by atoms with Crippen molar-refractivity contribution in [2.24, 2.45) is 0 Å². The predicted octanol–water partition coefficient (Wildman–Crippen LogP) is 4.80. The fourth-order valence-corrected chi connectivity index (χ4v) is 1.90. The fraction of sp³-hybridized carbons (Fsp3) is 0. The second kappa shape index (κ2) is 5.37. The van der Waals surface area contributed by atoms with Crippen molar-refractivity contribution >= 4 is 33.2 Å². The van der Waals surface area contributed by atoms with E-state index in [-0.39, 0.29) is 11.4 Å². The van der Waals surface area contributed by atoms with Crippen LogP contribution in [0.1, 0.15) is 0 Å². The minimum Gasteiger partial charge on any atom is -0.449 e. The molecule has 0 aromatic heterocycles. The topological polar surface area (TPSA) is 52.4 Å². The summed E-state index contributed by atoms with van der Waals surface area (Å²) in [6, 6.07) is 11.4. The zero-order chi connectivity index (χ0) is 13.1. The molecule has 92 valence electrons. The highest BCUT2D eigenvalue weighted by Gasteiger charge is 2.17. The van der Waals surface area contributed by atoms with Gasteiger partial charge < -0.3 is 4.74 Å². The van der Waals surface area contributed by atoms with E-state index in [4.69, 9.17) is 16.3 Å². The molecule has 0 unspecified atom stereocenters. The number of nitro benzene ring substituents is 1. The van der Waals surface area contributed by atoms with Crippen molar-refractivity contribution in [2.45, 2.75) is 0 Å². The van der Waals surface area contributed by atoms with Gasteiger partial charge in [-0.25, -0.2) is 0 Å². The maximum atomic E-state index is 10.9. The molecule has 2 rings (SSSR count). The largest absolute Gasteiger partial charge is 0.449 e. The second-order valence-corrected chi connectivity index (χ2v) is 4.69. The Hall–Kier alpha value is -1.59. The average molecular weight is 329 g/mol. The van der Waals surface area contributed by atoms with Gasteiger partial charge >= 0.3 is 5.69 Å². The zero-order valence-corrected chi connectivity index (χ0v) is 11.3. The van der Waals surface area contributed by atoms with E-state index in [1.165, 1.54) is 12.1 Å². The van der Waals surface area contributed by atoms with Crippen LogP contribution in [0.15, 0.2) is 46.9 Å². The van der Waals surface area contributed by atoms with E-state index in [0.29, 0.717) is 15.2 Å². The number of hydrogen-bond acceptors (Lipinski definition) is 3. The summed E-state index contributed by atoms with van der Waals surface area (Å²) < 4.78 is 6.23. The third-order valence-corrected chi connectivity index (χ3v) is 3.06. The van der Waals surface area contributed by atoms with Gasteiger partial charge in [0.05, 0.1) is 9.40 Å². The average Bonchev–Trinajstić information content (AvgIpc) is 2.34. The zero-order valence-electron chi connectivity index (χ0n) is 8.97. The molecule has 2 aromatic rings. The van der Waals surface area contributed by atoms with Crippen LogP contribution in [-0.2, 0) is 0 Å². The third-order valence-electron chi connectivity index (χ3n) is 2.17. The molecule has 0 spiro atoms. The Labute approximate surface area is 116 Å². The van der Waals surface area contributed by atoms with Gasteiger partial charge in [-0.05, 0) is 40.2 Å². The Morgan fingerprint density at radius 1 is 1.17 bits per heavy atom. The summed E-state index contributed by atoms with van der Waals surface area (Å²) in [5.41, 5.74) is -0.168. The number of benzene rings is 2. The summed E-state index contributed by atoms with van der Waals surface area (Å²) in [7, 11) is 0. The van der Waals surface area contributed by atoms with E-state index in [0.717, 1.165) is 0 Å². The number of halogens is 2. The van der Waals surface area contributed by atoms with Crippen molar-refractivity contribution in [2.75, 3.05) is 0 Å². The summed E-state index contributed by atoms with van der Waals surface area (Å²) in [5.74, 6) is 0.652. The number of rotatable bonds is 3. The molecule has 0 saturated heterocycles. The van der Waals surface area contributed by atoms with Crippen LogP contribution in [0, 0.1) is 10.1 Å². The second-order valence-electron chi connectivity index (χ2n) is 3.40. The molecule has 0 heterocycles. The van der Waals surface area contributed by atoms with E-state index in [2.05, 4.69) is 15.9 Å². The Balaban J connectivity index is 2.41. The molecule has 0 aliphatic rings. The molecule has 0 N–H and O–H groups in total. The lowest BCUT2D eigenvalue weighted by Crippen LogP contribution is -1.93. The first-order chi connectivity index (χ1) is 8.58. The van der Waals surface area contributed by atoms with Crippen LogP contribution in [0.4, 0.5) is 5.69 Å². The molecule has 0 aliphatic carbocycles. The molecule has 0 amide bonds. The smallest absolute Gasteiger partial charge is 0.313 e. The highest BCUT2D eigenvalue weighted by atomic mass is 79.9. The Bertz CT molecular complexity index is 604. The minimum atomic E-state index is -0.530. The van der Waals surface area contributed by atoms with Crippen LogP contribution in [0.25, 0.3) is 0 Å². The van der Waals surface area contributed by atoms with Crippen LogP contribution >= 0.6 is 27.5 Å². The summed E-state index contributed by atoms with van der Waals surface area (Å²) >= 11 is 9.03. The molecule has 2 aromatic carbocycles. The summed E-state index contributed by atoms with van der Waals surface area (Å²) in [4.78, 5) is 10.4. The normalized spacial score (nSPS) is 10.1. The Morgan fingerprint density at radius 2 is 1.89 bits per heavy atom. The highest BCUT2D eigenvalue weighted by Crippen LogP contribution is 2.36. The first kappa shape index (κ1) is 12.9. The van der Waals surface area contributed by atoms with Gasteiger partial charge in [-0.2, -0.15) is 0 Å². The molecular weight excluding hydrogens is 321 g/mol. The molecule has 0 atom stereocenters. The van der Waals surface area contributed by atoms with Crippen LogP contribution < -0.4 is 4.74 Å². The predicted molar refractivity (Wildman–Crippen MR) is 72.3 cm³/mol. The Kier molecular flexibility index (Phi) is 3.84. The maximum Gasteiger partial charge on any atom is 0.313 e. The SMILES string of the molecule is O=[N+]([O-])c1cc(Cl)ccc1Oc1ccccc1Br. The van der Waals surface area contributed by atoms with Gasteiger partial charge in [0, 0.05) is 11.1 Å². The van der Waals surface area contributed by atoms with Crippen LogP contribution in [0.3, 0.4) is 0 Å². The summed E-state index contributed by atoms with van der Waals surface area (Å²) in [6.45, 7) is 0. The number of nitro groups is 1. The van der Waals surface area contributed by atoms with Gasteiger partial charge in [0.25, 0.3) is 0 Å². The molecule has 6 heteroatoms.